The maximum absolute atomic E-state index is 3.94. The molecular formula is C25H28NP. The first-order chi connectivity index (χ1) is 13.4. The summed E-state index contributed by atoms with van der Waals surface area (Å²) in [7, 11) is -0.555. The molecular weight excluding hydrogens is 345 g/mol. The Balaban J connectivity index is 1.78. The Morgan fingerprint density at radius 2 is 1.52 bits per heavy atom. The first-order valence-electron chi connectivity index (χ1n) is 10.2. The monoisotopic (exact) mass is 373 g/mol. The van der Waals surface area contributed by atoms with Crippen LogP contribution in [0.3, 0.4) is 0 Å². The number of aryl methyl sites for hydroxylation is 1. The third-order valence-electron chi connectivity index (χ3n) is 5.42. The Kier molecular flexibility index (Phi) is 5.90. The maximum atomic E-state index is 3.94. The molecule has 0 amide bonds. The number of hydrogen-bond donors (Lipinski definition) is 1. The average Bonchev–Trinajstić information content (AvgIpc) is 2.74. The highest BCUT2D eigenvalue weighted by Crippen LogP contribution is 2.38. The van der Waals surface area contributed by atoms with E-state index in [0.717, 1.165) is 0 Å². The summed E-state index contributed by atoms with van der Waals surface area (Å²) in [5, 5.41) is 8.25. The third-order valence-corrected chi connectivity index (χ3v) is 7.90. The summed E-state index contributed by atoms with van der Waals surface area (Å²) in [4.78, 5) is 0. The lowest BCUT2D eigenvalue weighted by atomic mass is 9.95. The van der Waals surface area contributed by atoms with Gasteiger partial charge < -0.3 is 5.32 Å². The van der Waals surface area contributed by atoms with Crippen LogP contribution in [0.2, 0.25) is 0 Å². The number of anilines is 1. The minimum atomic E-state index is -0.555. The van der Waals surface area contributed by atoms with E-state index in [9.17, 15) is 0 Å². The fourth-order valence-corrected chi connectivity index (χ4v) is 6.46. The molecule has 1 aliphatic rings. The van der Waals surface area contributed by atoms with Gasteiger partial charge in [-0.1, -0.05) is 98.6 Å². The zero-order valence-electron chi connectivity index (χ0n) is 16.1. The van der Waals surface area contributed by atoms with Crippen molar-refractivity contribution < 1.29 is 0 Å². The van der Waals surface area contributed by atoms with E-state index in [1.54, 1.807) is 0 Å². The molecule has 1 unspecified atom stereocenters. The van der Waals surface area contributed by atoms with E-state index in [1.807, 2.05) is 0 Å². The summed E-state index contributed by atoms with van der Waals surface area (Å²) in [6.07, 6.45) is 6.30. The molecule has 0 aliphatic carbocycles. The molecule has 0 spiro atoms. The Labute approximate surface area is 164 Å². The highest BCUT2D eigenvalue weighted by molar-refractivity contribution is 7.80. The minimum Gasteiger partial charge on any atom is -0.382 e. The van der Waals surface area contributed by atoms with Gasteiger partial charge in [-0.25, -0.2) is 0 Å². The molecule has 0 saturated heterocycles. The van der Waals surface area contributed by atoms with E-state index in [2.05, 4.69) is 91.1 Å². The van der Waals surface area contributed by atoms with Gasteiger partial charge in [-0.2, -0.15) is 0 Å². The Morgan fingerprint density at radius 1 is 0.852 bits per heavy atom. The predicted molar refractivity (Wildman–Crippen MR) is 120 cm³/mol. The van der Waals surface area contributed by atoms with Gasteiger partial charge in [0.15, 0.2) is 0 Å². The van der Waals surface area contributed by atoms with Crippen molar-refractivity contribution in [3.63, 3.8) is 0 Å². The molecule has 27 heavy (non-hydrogen) atoms. The smallest absolute Gasteiger partial charge is 0.0459 e. The molecule has 3 aromatic carbocycles. The van der Waals surface area contributed by atoms with Crippen LogP contribution in [0, 0.1) is 0 Å². The molecule has 4 rings (SSSR count). The highest BCUT2D eigenvalue weighted by Gasteiger charge is 2.25. The summed E-state index contributed by atoms with van der Waals surface area (Å²) in [6.45, 7) is 2.28. The predicted octanol–water partition coefficient (Wildman–Crippen LogP) is 5.36. The SMILES string of the molecule is CCCCC1CCc2cccc(P(c3ccccc3)c3ccccc3)c2N1. The second kappa shape index (κ2) is 8.72. The molecule has 1 heterocycles. The van der Waals surface area contributed by atoms with Gasteiger partial charge in [0.1, 0.15) is 0 Å². The Hall–Kier alpha value is -2.11. The van der Waals surface area contributed by atoms with Crippen molar-refractivity contribution in [2.45, 2.75) is 45.1 Å². The fraction of sp³-hybridized carbons (Fsp3) is 0.280. The summed E-state index contributed by atoms with van der Waals surface area (Å²) in [6, 6.07) is 29.6. The van der Waals surface area contributed by atoms with Crippen LogP contribution in [0.4, 0.5) is 5.69 Å². The second-order valence-corrected chi connectivity index (χ2v) is 9.53. The molecule has 3 aromatic rings. The number of nitrogens with one attached hydrogen (secondary N) is 1. The molecule has 0 aromatic heterocycles. The molecule has 1 aliphatic heterocycles. The minimum absolute atomic E-state index is 0.555. The Morgan fingerprint density at radius 3 is 2.15 bits per heavy atom. The van der Waals surface area contributed by atoms with Crippen LogP contribution in [0.15, 0.2) is 78.9 Å². The van der Waals surface area contributed by atoms with Gasteiger partial charge in [0.25, 0.3) is 0 Å². The molecule has 2 heteroatoms. The van der Waals surface area contributed by atoms with E-state index in [0.29, 0.717) is 6.04 Å². The number of benzene rings is 3. The van der Waals surface area contributed by atoms with Gasteiger partial charge in [0, 0.05) is 17.0 Å². The van der Waals surface area contributed by atoms with Crippen molar-refractivity contribution in [2.24, 2.45) is 0 Å². The van der Waals surface area contributed by atoms with Crippen LogP contribution < -0.4 is 21.2 Å². The number of unbranched alkanes of at least 4 members (excludes halogenated alkanes) is 1. The van der Waals surface area contributed by atoms with Crippen LogP contribution in [0.1, 0.15) is 38.2 Å². The lowest BCUT2D eigenvalue weighted by molar-refractivity contribution is 0.558. The van der Waals surface area contributed by atoms with Gasteiger partial charge in [-0.15, -0.1) is 0 Å². The van der Waals surface area contributed by atoms with Crippen LogP contribution in [-0.4, -0.2) is 6.04 Å². The van der Waals surface area contributed by atoms with Crippen LogP contribution in [0.5, 0.6) is 0 Å². The van der Waals surface area contributed by atoms with Crippen LogP contribution in [0.25, 0.3) is 0 Å². The zero-order valence-corrected chi connectivity index (χ0v) is 17.0. The molecule has 1 atom stereocenters. The van der Waals surface area contributed by atoms with Crippen molar-refractivity contribution in [1.82, 2.24) is 0 Å². The molecule has 138 valence electrons. The number of rotatable bonds is 6. The van der Waals surface area contributed by atoms with Crippen molar-refractivity contribution in [2.75, 3.05) is 5.32 Å². The fourth-order valence-electron chi connectivity index (χ4n) is 4.00. The standard InChI is InChI=1S/C25H28NP/c1-2-3-12-21-19-18-20-11-10-17-24(25(20)26-21)27(22-13-6-4-7-14-22)23-15-8-5-9-16-23/h4-11,13-17,21,26H,2-3,12,18-19H2,1H3. The number of hydrogen-bond acceptors (Lipinski definition) is 1. The molecule has 0 saturated carbocycles. The maximum Gasteiger partial charge on any atom is 0.0459 e. The quantitative estimate of drug-likeness (QED) is 0.574. The lowest BCUT2D eigenvalue weighted by Gasteiger charge is -2.31. The van der Waals surface area contributed by atoms with Gasteiger partial charge in [-0.3, -0.25) is 0 Å². The van der Waals surface area contributed by atoms with E-state index in [1.165, 1.54) is 59.3 Å². The Bertz CT molecular complexity index is 821. The summed E-state index contributed by atoms with van der Waals surface area (Å²) in [5.41, 5.74) is 2.89. The summed E-state index contributed by atoms with van der Waals surface area (Å²) in [5.74, 6) is 0. The molecule has 1 nitrogen and oxygen atoms in total. The van der Waals surface area contributed by atoms with Gasteiger partial charge in [0.2, 0.25) is 0 Å². The number of para-hydroxylation sites is 1. The van der Waals surface area contributed by atoms with E-state index in [4.69, 9.17) is 0 Å². The van der Waals surface area contributed by atoms with E-state index < -0.39 is 7.92 Å². The summed E-state index contributed by atoms with van der Waals surface area (Å²) < 4.78 is 0. The van der Waals surface area contributed by atoms with Crippen molar-refractivity contribution >= 4 is 29.5 Å². The first kappa shape index (κ1) is 18.3. The van der Waals surface area contributed by atoms with E-state index in [-0.39, 0.29) is 0 Å². The van der Waals surface area contributed by atoms with Crippen molar-refractivity contribution in [1.29, 1.82) is 0 Å². The molecule has 0 fully saturated rings. The van der Waals surface area contributed by atoms with Crippen LogP contribution >= 0.6 is 7.92 Å². The van der Waals surface area contributed by atoms with Crippen molar-refractivity contribution in [3.05, 3.63) is 84.4 Å². The zero-order chi connectivity index (χ0) is 18.5. The molecule has 0 radical (unpaired) electrons. The topological polar surface area (TPSA) is 12.0 Å². The van der Waals surface area contributed by atoms with Gasteiger partial charge in [0.05, 0.1) is 0 Å². The van der Waals surface area contributed by atoms with Gasteiger partial charge >= 0.3 is 0 Å². The van der Waals surface area contributed by atoms with Crippen molar-refractivity contribution in [3.8, 4) is 0 Å². The second-order valence-electron chi connectivity index (χ2n) is 7.34. The van der Waals surface area contributed by atoms with Crippen LogP contribution in [-0.2, 0) is 6.42 Å². The molecule has 0 bridgehead atoms. The number of fused-ring (bicyclic) bond motifs is 1. The molecule has 1 N–H and O–H groups in total. The van der Waals surface area contributed by atoms with Gasteiger partial charge in [-0.05, 0) is 43.4 Å². The highest BCUT2D eigenvalue weighted by atomic mass is 31.1. The lowest BCUT2D eigenvalue weighted by Crippen LogP contribution is -2.31. The first-order valence-corrected chi connectivity index (χ1v) is 11.5. The average molecular weight is 373 g/mol. The normalized spacial score (nSPS) is 16.0. The van der Waals surface area contributed by atoms with E-state index >= 15 is 0 Å². The third kappa shape index (κ3) is 4.09. The largest absolute Gasteiger partial charge is 0.382 e. The summed E-state index contributed by atoms with van der Waals surface area (Å²) >= 11 is 0.